The van der Waals surface area contributed by atoms with E-state index in [-0.39, 0.29) is 18.6 Å². The predicted molar refractivity (Wildman–Crippen MR) is 81.9 cm³/mol. The van der Waals surface area contributed by atoms with Crippen LogP contribution in [0.2, 0.25) is 0 Å². The quantitative estimate of drug-likeness (QED) is 0.741. The number of ether oxygens (including phenoxy) is 1. The molecule has 1 N–H and O–H groups in total. The van der Waals surface area contributed by atoms with Gasteiger partial charge in [0.05, 0.1) is 0 Å². The zero-order valence-electron chi connectivity index (χ0n) is 12.0. The minimum atomic E-state index is -0.172. The number of carbonyl (C=O) groups excluding carboxylic acids is 1. The maximum Gasteiger partial charge on any atom is 0.258 e. The number of aromatic nitrogens is 4. The van der Waals surface area contributed by atoms with Crippen molar-refractivity contribution in [3.63, 3.8) is 0 Å². The van der Waals surface area contributed by atoms with Crippen molar-refractivity contribution in [3.05, 3.63) is 40.8 Å². The van der Waals surface area contributed by atoms with Crippen LogP contribution in [0.3, 0.4) is 0 Å². The number of nitrogens with one attached hydrogen (secondary N) is 1. The Kier molecular flexibility index (Phi) is 4.29. The lowest BCUT2D eigenvalue weighted by Gasteiger charge is -2.13. The Bertz CT molecular complexity index is 756. The van der Waals surface area contributed by atoms with Gasteiger partial charge in [0.1, 0.15) is 6.33 Å². The summed E-state index contributed by atoms with van der Waals surface area (Å²) < 4.78 is 6.88. The number of carbonyl (C=O) groups is 1. The van der Waals surface area contributed by atoms with Gasteiger partial charge in [-0.15, -0.1) is 26.6 Å². The van der Waals surface area contributed by atoms with Crippen molar-refractivity contribution >= 4 is 22.9 Å². The van der Waals surface area contributed by atoms with Gasteiger partial charge in [0.25, 0.3) is 5.91 Å². The van der Waals surface area contributed by atoms with E-state index >= 15 is 0 Å². The molecule has 0 aliphatic carbocycles. The van der Waals surface area contributed by atoms with Crippen LogP contribution in [0.4, 0.5) is 0 Å². The SMILES string of the molecule is CC(Cc1cccs1)NC(=O)COc1ccc2nncn2n1. The molecule has 3 rings (SSSR count). The Hall–Kier alpha value is -2.48. The van der Waals surface area contributed by atoms with Crippen LogP contribution in [0.15, 0.2) is 36.0 Å². The molecule has 0 saturated carbocycles. The maximum atomic E-state index is 11.9. The minimum Gasteiger partial charge on any atom is -0.467 e. The summed E-state index contributed by atoms with van der Waals surface area (Å²) in [7, 11) is 0. The molecule has 0 aliphatic rings. The highest BCUT2D eigenvalue weighted by atomic mass is 32.1. The molecule has 0 aromatic carbocycles. The van der Waals surface area contributed by atoms with Crippen molar-refractivity contribution in [2.24, 2.45) is 0 Å². The average molecular weight is 317 g/mol. The van der Waals surface area contributed by atoms with Gasteiger partial charge >= 0.3 is 0 Å². The molecule has 0 aliphatic heterocycles. The molecule has 114 valence electrons. The molecular formula is C14H15N5O2S. The summed E-state index contributed by atoms with van der Waals surface area (Å²) in [5, 5.41) is 16.6. The zero-order chi connectivity index (χ0) is 15.4. The first kappa shape index (κ1) is 14.5. The molecule has 3 aromatic rings. The monoisotopic (exact) mass is 317 g/mol. The largest absolute Gasteiger partial charge is 0.467 e. The van der Waals surface area contributed by atoms with Gasteiger partial charge in [-0.2, -0.15) is 4.52 Å². The molecule has 22 heavy (non-hydrogen) atoms. The van der Waals surface area contributed by atoms with E-state index < -0.39 is 0 Å². The average Bonchev–Trinajstić information content (AvgIpc) is 3.15. The van der Waals surface area contributed by atoms with Crippen LogP contribution < -0.4 is 10.1 Å². The van der Waals surface area contributed by atoms with Crippen molar-refractivity contribution in [2.75, 3.05) is 6.61 Å². The fraction of sp³-hybridized carbons (Fsp3) is 0.286. The second-order valence-electron chi connectivity index (χ2n) is 4.85. The third kappa shape index (κ3) is 3.59. The van der Waals surface area contributed by atoms with E-state index in [9.17, 15) is 4.79 Å². The second kappa shape index (κ2) is 6.52. The standard InChI is InChI=1S/C14H15N5O2S/c1-10(7-11-3-2-6-22-11)16-13(20)8-21-14-5-4-12-17-15-9-19(12)18-14/h2-6,9-10H,7-8H2,1H3,(H,16,20). The van der Waals surface area contributed by atoms with E-state index in [2.05, 4.69) is 26.7 Å². The number of rotatable bonds is 6. The summed E-state index contributed by atoms with van der Waals surface area (Å²) in [6.07, 6.45) is 2.29. The molecule has 8 heteroatoms. The van der Waals surface area contributed by atoms with Gasteiger partial charge in [-0.05, 0) is 24.4 Å². The Labute approximate surface area is 130 Å². The fourth-order valence-corrected chi connectivity index (χ4v) is 2.86. The topological polar surface area (TPSA) is 81.4 Å². The molecule has 0 spiro atoms. The molecule has 0 fully saturated rings. The third-order valence-electron chi connectivity index (χ3n) is 2.98. The van der Waals surface area contributed by atoms with Crippen molar-refractivity contribution in [3.8, 4) is 5.88 Å². The molecule has 0 radical (unpaired) electrons. The molecular weight excluding hydrogens is 302 g/mol. The van der Waals surface area contributed by atoms with Gasteiger partial charge < -0.3 is 10.1 Å². The maximum absolute atomic E-state index is 11.9. The first-order valence-corrected chi connectivity index (χ1v) is 7.70. The van der Waals surface area contributed by atoms with Crippen LogP contribution in [0, 0.1) is 0 Å². The summed E-state index contributed by atoms with van der Waals surface area (Å²) in [5.41, 5.74) is 0.626. The fourth-order valence-electron chi connectivity index (χ4n) is 2.03. The van der Waals surface area contributed by atoms with Crippen LogP contribution in [0.5, 0.6) is 5.88 Å². The van der Waals surface area contributed by atoms with Crippen molar-refractivity contribution in [1.82, 2.24) is 25.1 Å². The Morgan fingerprint density at radius 3 is 3.18 bits per heavy atom. The van der Waals surface area contributed by atoms with E-state index in [1.807, 2.05) is 18.4 Å². The van der Waals surface area contributed by atoms with E-state index in [1.165, 1.54) is 15.7 Å². The molecule has 0 bridgehead atoms. The lowest BCUT2D eigenvalue weighted by molar-refractivity contribution is -0.123. The highest BCUT2D eigenvalue weighted by Gasteiger charge is 2.10. The zero-order valence-corrected chi connectivity index (χ0v) is 12.8. The summed E-state index contributed by atoms with van der Waals surface area (Å²) in [5.74, 6) is 0.183. The molecule has 1 amide bonds. The number of amides is 1. The summed E-state index contributed by atoms with van der Waals surface area (Å²) in [6.45, 7) is 1.90. The lowest BCUT2D eigenvalue weighted by atomic mass is 10.2. The molecule has 3 heterocycles. The van der Waals surface area contributed by atoms with Gasteiger partial charge in [-0.25, -0.2) is 0 Å². The third-order valence-corrected chi connectivity index (χ3v) is 3.88. The smallest absolute Gasteiger partial charge is 0.258 e. The summed E-state index contributed by atoms with van der Waals surface area (Å²) in [4.78, 5) is 13.1. The number of hydrogen-bond acceptors (Lipinski definition) is 6. The van der Waals surface area contributed by atoms with Crippen LogP contribution in [0.1, 0.15) is 11.8 Å². The highest BCUT2D eigenvalue weighted by molar-refractivity contribution is 7.09. The molecule has 1 atom stereocenters. The van der Waals surface area contributed by atoms with Gasteiger partial charge in [0, 0.05) is 23.4 Å². The van der Waals surface area contributed by atoms with Gasteiger partial charge in [-0.1, -0.05) is 6.07 Å². The van der Waals surface area contributed by atoms with Crippen LogP contribution in [-0.2, 0) is 11.2 Å². The van der Waals surface area contributed by atoms with Crippen LogP contribution >= 0.6 is 11.3 Å². The normalized spacial score (nSPS) is 12.2. The molecule has 7 nitrogen and oxygen atoms in total. The first-order valence-electron chi connectivity index (χ1n) is 6.82. The highest BCUT2D eigenvalue weighted by Crippen LogP contribution is 2.11. The van der Waals surface area contributed by atoms with Gasteiger partial charge in [-0.3, -0.25) is 4.79 Å². The summed E-state index contributed by atoms with van der Waals surface area (Å²) >= 11 is 1.68. The van der Waals surface area contributed by atoms with Crippen LogP contribution in [0.25, 0.3) is 5.65 Å². The first-order chi connectivity index (χ1) is 10.7. The molecule has 1 unspecified atom stereocenters. The molecule has 3 aromatic heterocycles. The minimum absolute atomic E-state index is 0.0584. The lowest BCUT2D eigenvalue weighted by Crippen LogP contribution is -2.37. The van der Waals surface area contributed by atoms with Crippen molar-refractivity contribution in [1.29, 1.82) is 0 Å². The Morgan fingerprint density at radius 2 is 2.36 bits per heavy atom. The molecule has 0 saturated heterocycles. The van der Waals surface area contributed by atoms with E-state index in [1.54, 1.807) is 23.5 Å². The van der Waals surface area contributed by atoms with E-state index in [0.29, 0.717) is 11.5 Å². The number of hydrogen-bond donors (Lipinski definition) is 1. The predicted octanol–water partition coefficient (Wildman–Crippen LogP) is 1.31. The Balaban J connectivity index is 1.49. The van der Waals surface area contributed by atoms with Crippen molar-refractivity contribution < 1.29 is 9.53 Å². The number of fused-ring (bicyclic) bond motifs is 1. The summed E-state index contributed by atoms with van der Waals surface area (Å²) in [6, 6.07) is 7.51. The van der Waals surface area contributed by atoms with Crippen molar-refractivity contribution in [2.45, 2.75) is 19.4 Å². The van der Waals surface area contributed by atoms with Crippen LogP contribution in [-0.4, -0.2) is 38.4 Å². The number of thiophene rings is 1. The van der Waals surface area contributed by atoms with Gasteiger partial charge in [0.2, 0.25) is 5.88 Å². The Morgan fingerprint density at radius 1 is 1.45 bits per heavy atom. The second-order valence-corrected chi connectivity index (χ2v) is 5.88. The van der Waals surface area contributed by atoms with E-state index in [4.69, 9.17) is 4.74 Å². The van der Waals surface area contributed by atoms with Gasteiger partial charge in [0.15, 0.2) is 12.3 Å². The number of nitrogens with zero attached hydrogens (tertiary/aromatic N) is 4. The van der Waals surface area contributed by atoms with E-state index in [0.717, 1.165) is 6.42 Å².